The van der Waals surface area contributed by atoms with Crippen molar-refractivity contribution in [3.63, 3.8) is 0 Å². The van der Waals surface area contributed by atoms with Gasteiger partial charge in [0.1, 0.15) is 11.5 Å². The molecular formula is C18H11FN2O2. The van der Waals surface area contributed by atoms with Gasteiger partial charge in [0.05, 0.1) is 16.0 Å². The number of benzene rings is 3. The maximum absolute atomic E-state index is 14.5. The Hall–Kier alpha value is -3.21. The molecule has 0 aliphatic carbocycles. The Morgan fingerprint density at radius 2 is 1.57 bits per heavy atom. The number of nitro groups is 1. The van der Waals surface area contributed by atoms with Gasteiger partial charge in [-0.25, -0.2) is 4.39 Å². The van der Waals surface area contributed by atoms with Gasteiger partial charge in [-0.3, -0.25) is 10.1 Å². The van der Waals surface area contributed by atoms with E-state index in [1.54, 1.807) is 28.8 Å². The largest absolute Gasteiger partial charge is 0.300 e. The summed E-state index contributed by atoms with van der Waals surface area (Å²) in [6, 6.07) is 18.7. The van der Waals surface area contributed by atoms with Crippen LogP contribution in [0.5, 0.6) is 0 Å². The van der Waals surface area contributed by atoms with Crippen LogP contribution in [0.1, 0.15) is 0 Å². The minimum atomic E-state index is -0.448. The standard InChI is InChI=1S/C18H11FN2O2/c19-14-8-5-7-13-12-6-1-2-9-15(12)20(18(13)14)16-10-3-4-11-17(16)21(22)23/h1-11H. The molecule has 0 fully saturated rings. The second-order valence-corrected chi connectivity index (χ2v) is 5.23. The van der Waals surface area contributed by atoms with E-state index in [0.29, 0.717) is 11.2 Å². The molecule has 5 heteroatoms. The minimum absolute atomic E-state index is 0.0570. The van der Waals surface area contributed by atoms with Crippen LogP contribution in [0.2, 0.25) is 0 Å². The van der Waals surface area contributed by atoms with Crippen molar-refractivity contribution in [3.05, 3.63) is 82.7 Å². The Morgan fingerprint density at radius 1 is 0.870 bits per heavy atom. The van der Waals surface area contributed by atoms with Gasteiger partial charge < -0.3 is 4.57 Å². The second kappa shape index (κ2) is 4.91. The summed E-state index contributed by atoms with van der Waals surface area (Å²) >= 11 is 0. The van der Waals surface area contributed by atoms with Crippen LogP contribution in [0, 0.1) is 15.9 Å². The lowest BCUT2D eigenvalue weighted by Gasteiger charge is -2.08. The number of aromatic nitrogens is 1. The van der Waals surface area contributed by atoms with Crippen molar-refractivity contribution >= 4 is 27.5 Å². The molecule has 0 radical (unpaired) electrons. The third-order valence-corrected chi connectivity index (χ3v) is 3.96. The number of nitro benzene ring substituents is 1. The molecule has 3 aromatic carbocycles. The third kappa shape index (κ3) is 1.90. The molecule has 1 aromatic heterocycles. The lowest BCUT2D eigenvalue weighted by atomic mass is 10.1. The molecule has 112 valence electrons. The van der Waals surface area contributed by atoms with Crippen LogP contribution < -0.4 is 0 Å². The molecule has 23 heavy (non-hydrogen) atoms. The maximum Gasteiger partial charge on any atom is 0.293 e. The second-order valence-electron chi connectivity index (χ2n) is 5.23. The van der Waals surface area contributed by atoms with Gasteiger partial charge in [0.2, 0.25) is 0 Å². The molecule has 0 amide bonds. The van der Waals surface area contributed by atoms with E-state index in [1.165, 1.54) is 12.1 Å². The SMILES string of the molecule is O=[N+]([O-])c1ccccc1-n1c2ccccc2c2cccc(F)c21. The fourth-order valence-corrected chi connectivity index (χ4v) is 3.03. The molecule has 0 N–H and O–H groups in total. The third-order valence-electron chi connectivity index (χ3n) is 3.96. The molecule has 4 aromatic rings. The van der Waals surface area contributed by atoms with Crippen LogP contribution in [0.25, 0.3) is 27.5 Å². The van der Waals surface area contributed by atoms with E-state index in [0.717, 1.165) is 16.3 Å². The summed E-state index contributed by atoms with van der Waals surface area (Å²) in [6.07, 6.45) is 0. The lowest BCUT2D eigenvalue weighted by molar-refractivity contribution is -0.384. The topological polar surface area (TPSA) is 48.1 Å². The predicted molar refractivity (Wildman–Crippen MR) is 87.4 cm³/mol. The molecule has 0 saturated heterocycles. The number of hydrogen-bond acceptors (Lipinski definition) is 2. The summed E-state index contributed by atoms with van der Waals surface area (Å²) in [5.74, 6) is -0.406. The molecule has 1 heterocycles. The number of para-hydroxylation sites is 4. The normalized spacial score (nSPS) is 11.2. The minimum Gasteiger partial charge on any atom is -0.300 e. The zero-order valence-electron chi connectivity index (χ0n) is 11.9. The summed E-state index contributed by atoms with van der Waals surface area (Å²) in [5.41, 5.74) is 1.39. The molecular weight excluding hydrogens is 295 g/mol. The van der Waals surface area contributed by atoms with E-state index in [4.69, 9.17) is 0 Å². The van der Waals surface area contributed by atoms with E-state index in [9.17, 15) is 14.5 Å². The predicted octanol–water partition coefficient (Wildman–Crippen LogP) is 4.83. The van der Waals surface area contributed by atoms with E-state index in [2.05, 4.69) is 0 Å². The number of fused-ring (bicyclic) bond motifs is 3. The maximum atomic E-state index is 14.5. The van der Waals surface area contributed by atoms with E-state index in [-0.39, 0.29) is 5.69 Å². The van der Waals surface area contributed by atoms with Crippen LogP contribution in [0.15, 0.2) is 66.7 Å². The fourth-order valence-electron chi connectivity index (χ4n) is 3.03. The van der Waals surface area contributed by atoms with E-state index < -0.39 is 10.7 Å². The van der Waals surface area contributed by atoms with Crippen LogP contribution in [-0.4, -0.2) is 9.49 Å². The highest BCUT2D eigenvalue weighted by molar-refractivity contribution is 6.09. The fraction of sp³-hybridized carbons (Fsp3) is 0. The van der Waals surface area contributed by atoms with Gasteiger partial charge in [0, 0.05) is 16.8 Å². The molecule has 4 nitrogen and oxygen atoms in total. The smallest absolute Gasteiger partial charge is 0.293 e. The molecule has 0 spiro atoms. The molecule has 0 saturated carbocycles. The van der Waals surface area contributed by atoms with Crippen LogP contribution >= 0.6 is 0 Å². The Kier molecular flexibility index (Phi) is 2.87. The first-order valence-corrected chi connectivity index (χ1v) is 7.10. The first kappa shape index (κ1) is 13.5. The highest BCUT2D eigenvalue weighted by Gasteiger charge is 2.21. The Bertz CT molecular complexity index is 1070. The van der Waals surface area contributed by atoms with Crippen molar-refractivity contribution in [2.45, 2.75) is 0 Å². The summed E-state index contributed by atoms with van der Waals surface area (Å²) < 4.78 is 16.1. The Morgan fingerprint density at radius 3 is 2.39 bits per heavy atom. The highest BCUT2D eigenvalue weighted by Crippen LogP contribution is 2.35. The molecule has 0 aliphatic rings. The molecule has 0 unspecified atom stereocenters. The number of hydrogen-bond donors (Lipinski definition) is 0. The number of rotatable bonds is 2. The average molecular weight is 306 g/mol. The zero-order valence-corrected chi connectivity index (χ0v) is 11.9. The van der Waals surface area contributed by atoms with Crippen molar-refractivity contribution in [2.75, 3.05) is 0 Å². The summed E-state index contributed by atoms with van der Waals surface area (Å²) in [5, 5.41) is 13.0. The number of nitrogens with zero attached hydrogens (tertiary/aromatic N) is 2. The average Bonchev–Trinajstić information content (AvgIpc) is 2.91. The molecule has 4 rings (SSSR count). The van der Waals surface area contributed by atoms with Gasteiger partial charge >= 0.3 is 0 Å². The van der Waals surface area contributed by atoms with Crippen molar-refractivity contribution < 1.29 is 9.31 Å². The van der Waals surface area contributed by atoms with E-state index >= 15 is 0 Å². The Balaban J connectivity index is 2.25. The van der Waals surface area contributed by atoms with E-state index in [1.807, 2.05) is 30.3 Å². The van der Waals surface area contributed by atoms with Gasteiger partial charge in [-0.05, 0) is 18.2 Å². The van der Waals surface area contributed by atoms with Crippen molar-refractivity contribution in [3.8, 4) is 5.69 Å². The van der Waals surface area contributed by atoms with Gasteiger partial charge in [0.15, 0.2) is 0 Å². The first-order valence-electron chi connectivity index (χ1n) is 7.10. The highest BCUT2D eigenvalue weighted by atomic mass is 19.1. The van der Waals surface area contributed by atoms with Crippen LogP contribution in [0.4, 0.5) is 10.1 Å². The molecule has 0 bridgehead atoms. The summed E-state index contributed by atoms with van der Waals surface area (Å²) in [7, 11) is 0. The monoisotopic (exact) mass is 306 g/mol. The molecule has 0 atom stereocenters. The summed E-state index contributed by atoms with van der Waals surface area (Å²) in [4.78, 5) is 10.9. The van der Waals surface area contributed by atoms with Crippen LogP contribution in [0.3, 0.4) is 0 Å². The zero-order chi connectivity index (χ0) is 16.0. The Labute approximate surface area is 130 Å². The van der Waals surface area contributed by atoms with Gasteiger partial charge in [0.25, 0.3) is 5.69 Å². The summed E-state index contributed by atoms with van der Waals surface area (Å²) in [6.45, 7) is 0. The number of halogens is 1. The first-order chi connectivity index (χ1) is 11.2. The molecule has 0 aliphatic heterocycles. The van der Waals surface area contributed by atoms with Gasteiger partial charge in [-0.2, -0.15) is 0 Å². The quantitative estimate of drug-likeness (QED) is 0.393. The van der Waals surface area contributed by atoms with Gasteiger partial charge in [-0.15, -0.1) is 0 Å². The van der Waals surface area contributed by atoms with Crippen molar-refractivity contribution in [1.29, 1.82) is 0 Å². The van der Waals surface area contributed by atoms with Gasteiger partial charge in [-0.1, -0.05) is 42.5 Å². The van der Waals surface area contributed by atoms with Crippen molar-refractivity contribution in [1.82, 2.24) is 4.57 Å². The van der Waals surface area contributed by atoms with Crippen molar-refractivity contribution in [2.24, 2.45) is 0 Å². The lowest BCUT2D eigenvalue weighted by Crippen LogP contribution is -2.00. The van der Waals surface area contributed by atoms with Crippen LogP contribution in [-0.2, 0) is 0 Å².